The first-order chi connectivity index (χ1) is 70.4. The maximum absolute atomic E-state index is 9.71. The summed E-state index contributed by atoms with van der Waals surface area (Å²) < 4.78 is 76.7. The Morgan fingerprint density at radius 2 is 0.396 bits per heavy atom. The molecule has 0 aliphatic rings. The topological polar surface area (TPSA) is 251 Å². The molecule has 10 aromatic carbocycles. The van der Waals surface area contributed by atoms with Gasteiger partial charge in [-0.1, -0.05) is 269 Å². The highest BCUT2D eigenvalue weighted by molar-refractivity contribution is 6.39. The van der Waals surface area contributed by atoms with Gasteiger partial charge in [-0.15, -0.1) is 58.0 Å². The van der Waals surface area contributed by atoms with Gasteiger partial charge in [0.1, 0.15) is 98.1 Å². The van der Waals surface area contributed by atoms with Gasteiger partial charge in [0.15, 0.2) is 23.0 Å². The van der Waals surface area contributed by atoms with E-state index in [0.29, 0.717) is 160 Å². The Kier molecular flexibility index (Phi) is 57.2. The van der Waals surface area contributed by atoms with E-state index < -0.39 is 30.5 Å². The zero-order valence-corrected chi connectivity index (χ0v) is 98.9. The molecule has 20 nitrogen and oxygen atoms in total. The Hall–Kier alpha value is -6.43. The summed E-state index contributed by atoms with van der Waals surface area (Å²) in [5.41, 5.74) is 11.1. The van der Waals surface area contributed by atoms with Crippen molar-refractivity contribution in [3.63, 3.8) is 0 Å². The van der Waals surface area contributed by atoms with E-state index in [9.17, 15) is 25.5 Å². The van der Waals surface area contributed by atoms with Crippen LogP contribution in [0.4, 0.5) is 0 Å². The van der Waals surface area contributed by atoms with E-state index in [1.807, 2.05) is 192 Å². The summed E-state index contributed by atoms with van der Waals surface area (Å²) in [5, 5.41) is 61.0. The Morgan fingerprint density at radius 1 is 0.221 bits per heavy atom. The molecule has 33 heteroatoms. The normalized spacial score (nSPS) is 13.7. The predicted molar refractivity (Wildman–Crippen MR) is 614 cm³/mol. The fourth-order valence-corrected chi connectivity index (χ4v) is 17.5. The molecule has 0 radical (unpaired) electrons. The standard InChI is InChI=1S/C24H33ClO4.4C23H29Cl3O4/c1-16(12-25)14-28-22-8-6-19(10-17(22)2)24(4,5)20-7-9-23(18(3)11-20)29-15-21(27)13-26;4*1-15(11-24)12-30-22-20(25)9-17(10-21(22)26)23(2,3)16-5-7-19(8-6-16)29-14-18(27)13-28-4/h6-11,16,21,26-27H,12-15H2,1-5H3;4*5-10,15,18,27H,11-14H2,1-4H3/t16-,21+;15-,18+;2*15-,18-;/m0110./s1. The second kappa shape index (κ2) is 64.9. The van der Waals surface area contributed by atoms with Gasteiger partial charge < -0.3 is 97.0 Å². The number of hydrogen-bond acceptors (Lipinski definition) is 20. The number of aliphatic hydroxyl groups excluding tert-OH is 6. The highest BCUT2D eigenvalue weighted by Gasteiger charge is 2.33. The highest BCUT2D eigenvalue weighted by atomic mass is 35.5. The number of hydrogen-bond donors (Lipinski definition) is 6. The van der Waals surface area contributed by atoms with Gasteiger partial charge in [-0.2, -0.15) is 0 Å². The molecule has 0 amide bonds. The molecule has 149 heavy (non-hydrogen) atoms. The zero-order valence-electron chi connectivity index (χ0n) is 89.0. The molecule has 0 aliphatic carbocycles. The van der Waals surface area contributed by atoms with Crippen molar-refractivity contribution in [3.05, 3.63) is 289 Å². The van der Waals surface area contributed by atoms with Crippen molar-refractivity contribution in [2.75, 3.05) is 157 Å². The molecular weight excluding hydrogens is 2170 g/mol. The minimum atomic E-state index is -0.873. The summed E-state index contributed by atoms with van der Waals surface area (Å²) in [5.74, 6) is 9.96. The lowest BCUT2D eigenvalue weighted by Crippen LogP contribution is -2.22. The van der Waals surface area contributed by atoms with E-state index in [-0.39, 0.29) is 117 Å². The monoisotopic (exact) mass is 2320 g/mol. The number of aryl methyl sites for hydroxylation is 2. The Bertz CT molecular complexity index is 4920. The minimum absolute atomic E-state index is 0.0725. The number of halogens is 13. The molecule has 6 N–H and O–H groups in total. The molecule has 10 rings (SSSR count). The summed E-state index contributed by atoms with van der Waals surface area (Å²) >= 11 is 81.1. The van der Waals surface area contributed by atoms with Gasteiger partial charge in [-0.25, -0.2) is 0 Å². The summed E-state index contributed by atoms with van der Waals surface area (Å²) in [6.45, 7) is 39.1. The number of benzene rings is 10. The molecule has 0 aliphatic heterocycles. The zero-order chi connectivity index (χ0) is 111. The number of rotatable bonds is 54. The van der Waals surface area contributed by atoms with E-state index >= 15 is 0 Å². The van der Waals surface area contributed by atoms with Gasteiger partial charge in [-0.05, 0) is 190 Å². The van der Waals surface area contributed by atoms with Crippen LogP contribution in [0.1, 0.15) is 171 Å². The fourth-order valence-electron chi connectivity index (χ4n) is 14.7. The van der Waals surface area contributed by atoms with Gasteiger partial charge in [0.05, 0.1) is 106 Å². The maximum atomic E-state index is 9.71. The van der Waals surface area contributed by atoms with Crippen molar-refractivity contribution >= 4 is 151 Å². The Morgan fingerprint density at radius 3 is 0.577 bits per heavy atom. The molecule has 2 unspecified atom stereocenters. The second-order valence-electron chi connectivity index (χ2n) is 39.9. The molecule has 0 spiro atoms. The lowest BCUT2D eigenvalue weighted by molar-refractivity contribution is 0.0325. The van der Waals surface area contributed by atoms with Crippen LogP contribution in [0.2, 0.25) is 40.2 Å². The third-order valence-corrected chi connectivity index (χ3v) is 29.6. The van der Waals surface area contributed by atoms with Crippen LogP contribution in [-0.4, -0.2) is 218 Å². The van der Waals surface area contributed by atoms with Gasteiger partial charge in [0.25, 0.3) is 0 Å². The van der Waals surface area contributed by atoms with Crippen LogP contribution >= 0.6 is 151 Å². The van der Waals surface area contributed by atoms with Gasteiger partial charge in [0.2, 0.25) is 0 Å². The van der Waals surface area contributed by atoms with Crippen LogP contribution in [0.3, 0.4) is 0 Å². The molecule has 0 saturated heterocycles. The molecule has 0 heterocycles. The van der Waals surface area contributed by atoms with E-state index in [2.05, 4.69) is 107 Å². The minimum Gasteiger partial charge on any atom is -0.493 e. The lowest BCUT2D eigenvalue weighted by Gasteiger charge is -2.28. The molecule has 0 aromatic heterocycles. The molecule has 0 fully saturated rings. The molecule has 10 atom stereocenters. The quantitative estimate of drug-likeness (QED) is 0.0194. The largest absolute Gasteiger partial charge is 0.493 e. The second-order valence-corrected chi connectivity index (χ2v) is 44.7. The first-order valence-electron chi connectivity index (χ1n) is 49.1. The van der Waals surface area contributed by atoms with Gasteiger partial charge in [0, 0.05) is 115 Å². The van der Waals surface area contributed by atoms with Gasteiger partial charge in [-0.3, -0.25) is 0 Å². The summed E-state index contributed by atoms with van der Waals surface area (Å²) in [4.78, 5) is 0. The van der Waals surface area contributed by atoms with Crippen LogP contribution in [0.25, 0.3) is 0 Å². The smallest absolute Gasteiger partial charge is 0.156 e. The highest BCUT2D eigenvalue weighted by Crippen LogP contribution is 2.48. The van der Waals surface area contributed by atoms with Crippen molar-refractivity contribution in [2.45, 2.75) is 175 Å². The average molecular weight is 2320 g/mol. The van der Waals surface area contributed by atoms with Crippen molar-refractivity contribution in [1.29, 1.82) is 0 Å². The third-order valence-electron chi connectivity index (χ3n) is 24.7. The van der Waals surface area contributed by atoms with Crippen LogP contribution in [0, 0.1) is 43.4 Å². The van der Waals surface area contributed by atoms with Gasteiger partial charge >= 0.3 is 0 Å². The number of ether oxygens (including phenoxy) is 14. The third kappa shape index (κ3) is 41.6. The molecule has 10 aromatic rings. The predicted octanol–water partition coefficient (Wildman–Crippen LogP) is 28.5. The van der Waals surface area contributed by atoms with E-state index in [1.54, 1.807) is 0 Å². The van der Waals surface area contributed by atoms with E-state index in [0.717, 1.165) is 61.4 Å². The van der Waals surface area contributed by atoms with Crippen LogP contribution in [-0.2, 0) is 46.0 Å². The SMILES string of the molecule is COCC(O)COc1ccc(C(C)(C)c2cc(Cl)c(OCC(C)CCl)c(Cl)c2)cc1.COC[C@@H](O)COc1ccc(C(C)(C)c2cc(Cl)c(OC[C@H](C)CCl)c(Cl)c2)cc1.COC[C@H](O)COc1ccc(C(C)(C)c2cc(Cl)c(OC[C@@H](C)CCl)c(Cl)c2)cc1.COC[C@H](O)COc1ccc(C(C)(C)c2cc(Cl)c(OC[C@H](C)CCl)c(Cl)c2)cc1.Cc1cc(C(C)(C)c2ccc(OC[C@H](O)CO)c(C)c2)ccc1OC[C@@H](C)CCl. The summed E-state index contributed by atoms with van der Waals surface area (Å²) in [6.07, 6.45) is -3.53. The molecule has 0 bridgehead atoms. The number of aliphatic hydroxyl groups is 6. The lowest BCUT2D eigenvalue weighted by atomic mass is 9.77. The molecule has 824 valence electrons. The van der Waals surface area contributed by atoms with E-state index in [4.69, 9.17) is 222 Å². The van der Waals surface area contributed by atoms with Crippen molar-refractivity contribution in [2.24, 2.45) is 29.6 Å². The van der Waals surface area contributed by atoms with Crippen molar-refractivity contribution in [3.8, 4) is 57.5 Å². The number of methoxy groups -OCH3 is 4. The molecule has 0 saturated carbocycles. The van der Waals surface area contributed by atoms with Crippen LogP contribution in [0.5, 0.6) is 57.5 Å². The van der Waals surface area contributed by atoms with Crippen molar-refractivity contribution in [1.82, 2.24) is 0 Å². The van der Waals surface area contributed by atoms with Crippen molar-refractivity contribution < 1.29 is 97.0 Å². The maximum Gasteiger partial charge on any atom is 0.156 e. The Balaban J connectivity index is 0.000000284. The Labute approximate surface area is 948 Å². The summed E-state index contributed by atoms with van der Waals surface area (Å²) in [7, 11) is 6.16. The fraction of sp³-hybridized carbons (Fsp3) is 0.483. The molecular formula is C116H149Cl13O20. The first kappa shape index (κ1) is 131. The van der Waals surface area contributed by atoms with E-state index in [1.165, 1.54) is 39.6 Å². The number of alkyl halides is 5. The average Bonchev–Trinajstić information content (AvgIpc) is 0.793. The first-order valence-corrected chi connectivity index (χ1v) is 54.8. The van der Waals surface area contributed by atoms with Crippen LogP contribution in [0.15, 0.2) is 182 Å². The van der Waals surface area contributed by atoms with Crippen LogP contribution < -0.4 is 47.4 Å². The summed E-state index contributed by atoms with van der Waals surface area (Å²) in [6, 6.07) is 58.5.